The maximum atomic E-state index is 12.3. The molecule has 0 aliphatic heterocycles. The van der Waals surface area contributed by atoms with Crippen molar-refractivity contribution in [1.82, 2.24) is 0 Å². The van der Waals surface area contributed by atoms with Crippen molar-refractivity contribution >= 4 is 40.5 Å². The van der Waals surface area contributed by atoms with Gasteiger partial charge in [-0.15, -0.1) is 11.3 Å². The number of nitrogens with one attached hydrogen (secondary N) is 1. The number of hydrogen-bond acceptors (Lipinski definition) is 3. The highest BCUT2D eigenvalue weighted by atomic mass is 35.5. The second-order valence-corrected chi connectivity index (χ2v) is 6.78. The molecule has 0 spiro atoms. The number of carboxylic acids is 1. The number of halogens is 1. The average molecular weight is 338 g/mol. The van der Waals surface area contributed by atoms with E-state index in [9.17, 15) is 9.59 Å². The van der Waals surface area contributed by atoms with E-state index < -0.39 is 11.9 Å². The third kappa shape index (κ3) is 3.87. The summed E-state index contributed by atoms with van der Waals surface area (Å²) in [5.41, 5.74) is 1.24. The summed E-state index contributed by atoms with van der Waals surface area (Å²) in [6.45, 7) is 3.42. The smallest absolute Gasteiger partial charge is 0.310 e. The van der Waals surface area contributed by atoms with Crippen LogP contribution in [0.2, 0.25) is 4.34 Å². The zero-order valence-corrected chi connectivity index (χ0v) is 13.7. The monoisotopic (exact) mass is 337 g/mol. The number of carboxylic acid groups (broad SMARTS) is 1. The lowest BCUT2D eigenvalue weighted by Gasteiger charge is -2.13. The Bertz CT molecular complexity index is 698. The van der Waals surface area contributed by atoms with Crippen molar-refractivity contribution in [2.75, 3.05) is 5.32 Å². The summed E-state index contributed by atoms with van der Waals surface area (Å²) in [5, 5.41) is 11.9. The molecule has 2 atom stereocenters. The number of thiophene rings is 1. The standard InChI is InChI=1S/C16H16ClNO3S/c1-9(16(20)21)11-4-3-5-12(8-11)18-15(19)10(2)13-6-7-14(17)22-13/h3-10H,1-2H3,(H,18,19)(H,20,21). The number of rotatable bonds is 5. The van der Waals surface area contributed by atoms with Crippen molar-refractivity contribution < 1.29 is 14.7 Å². The van der Waals surface area contributed by atoms with Crippen LogP contribution >= 0.6 is 22.9 Å². The van der Waals surface area contributed by atoms with E-state index in [1.165, 1.54) is 11.3 Å². The molecule has 1 amide bonds. The largest absolute Gasteiger partial charge is 0.481 e. The van der Waals surface area contributed by atoms with Gasteiger partial charge < -0.3 is 10.4 Å². The number of anilines is 1. The topological polar surface area (TPSA) is 66.4 Å². The molecule has 2 unspecified atom stereocenters. The fourth-order valence-electron chi connectivity index (χ4n) is 1.97. The molecule has 0 radical (unpaired) electrons. The first kappa shape index (κ1) is 16.5. The van der Waals surface area contributed by atoms with Crippen molar-refractivity contribution in [3.63, 3.8) is 0 Å². The highest BCUT2D eigenvalue weighted by Gasteiger charge is 2.18. The summed E-state index contributed by atoms with van der Waals surface area (Å²) in [6.07, 6.45) is 0. The van der Waals surface area contributed by atoms with Crippen molar-refractivity contribution in [1.29, 1.82) is 0 Å². The molecule has 22 heavy (non-hydrogen) atoms. The summed E-state index contributed by atoms with van der Waals surface area (Å²) in [6, 6.07) is 10.5. The van der Waals surface area contributed by atoms with E-state index in [2.05, 4.69) is 5.32 Å². The number of aliphatic carboxylic acids is 1. The lowest BCUT2D eigenvalue weighted by atomic mass is 10.0. The predicted molar refractivity (Wildman–Crippen MR) is 88.9 cm³/mol. The van der Waals surface area contributed by atoms with Crippen LogP contribution in [0.15, 0.2) is 36.4 Å². The van der Waals surface area contributed by atoms with Gasteiger partial charge in [0.05, 0.1) is 16.2 Å². The first-order valence-corrected chi connectivity index (χ1v) is 7.96. The van der Waals surface area contributed by atoms with Crippen LogP contribution in [0.3, 0.4) is 0 Å². The van der Waals surface area contributed by atoms with Crippen LogP contribution in [0, 0.1) is 0 Å². The maximum Gasteiger partial charge on any atom is 0.310 e. The van der Waals surface area contributed by atoms with Gasteiger partial charge in [0.25, 0.3) is 0 Å². The molecule has 0 fully saturated rings. The third-order valence-corrected chi connectivity index (χ3v) is 4.85. The van der Waals surface area contributed by atoms with Crippen molar-refractivity contribution in [2.45, 2.75) is 25.7 Å². The Morgan fingerprint density at radius 2 is 1.91 bits per heavy atom. The van der Waals surface area contributed by atoms with Crippen LogP contribution < -0.4 is 5.32 Å². The second-order valence-electron chi connectivity index (χ2n) is 5.04. The molecular weight excluding hydrogens is 322 g/mol. The summed E-state index contributed by atoms with van der Waals surface area (Å²) < 4.78 is 0.645. The maximum absolute atomic E-state index is 12.3. The molecule has 0 aliphatic rings. The van der Waals surface area contributed by atoms with Gasteiger partial charge in [-0.1, -0.05) is 23.7 Å². The minimum absolute atomic E-state index is 0.154. The van der Waals surface area contributed by atoms with Gasteiger partial charge in [0.1, 0.15) is 0 Å². The van der Waals surface area contributed by atoms with Crippen LogP contribution in [-0.4, -0.2) is 17.0 Å². The zero-order valence-electron chi connectivity index (χ0n) is 12.2. The van der Waals surface area contributed by atoms with Crippen molar-refractivity contribution in [3.8, 4) is 0 Å². The molecule has 0 bridgehead atoms. The Morgan fingerprint density at radius 3 is 2.50 bits per heavy atom. The number of carbonyl (C=O) groups is 2. The Kier molecular flexibility index (Phi) is 5.21. The highest BCUT2D eigenvalue weighted by molar-refractivity contribution is 7.16. The van der Waals surface area contributed by atoms with E-state index >= 15 is 0 Å². The number of carbonyl (C=O) groups excluding carboxylic acids is 1. The van der Waals surface area contributed by atoms with Gasteiger partial charge in [0, 0.05) is 10.6 Å². The summed E-state index contributed by atoms with van der Waals surface area (Å²) in [4.78, 5) is 24.2. The average Bonchev–Trinajstić information content (AvgIpc) is 2.92. The Balaban J connectivity index is 2.11. The second kappa shape index (κ2) is 6.94. The van der Waals surface area contributed by atoms with E-state index in [-0.39, 0.29) is 11.8 Å². The molecule has 1 heterocycles. The Morgan fingerprint density at radius 1 is 1.18 bits per heavy atom. The molecular formula is C16H16ClNO3S. The SMILES string of the molecule is CC(C(=O)O)c1cccc(NC(=O)C(C)c2ccc(Cl)s2)c1. The normalized spacial score (nSPS) is 13.4. The summed E-state index contributed by atoms with van der Waals surface area (Å²) in [7, 11) is 0. The van der Waals surface area contributed by atoms with Gasteiger partial charge in [0.2, 0.25) is 5.91 Å². The van der Waals surface area contributed by atoms with Gasteiger partial charge in [0.15, 0.2) is 0 Å². The molecule has 6 heteroatoms. The molecule has 4 nitrogen and oxygen atoms in total. The highest BCUT2D eigenvalue weighted by Crippen LogP contribution is 2.29. The van der Waals surface area contributed by atoms with Crippen LogP contribution in [0.5, 0.6) is 0 Å². The van der Waals surface area contributed by atoms with Gasteiger partial charge in [-0.05, 0) is 43.7 Å². The molecule has 0 saturated heterocycles. The summed E-state index contributed by atoms with van der Waals surface area (Å²) in [5.74, 6) is -1.99. The van der Waals surface area contributed by atoms with E-state index in [1.54, 1.807) is 44.2 Å². The summed E-state index contributed by atoms with van der Waals surface area (Å²) >= 11 is 7.26. The van der Waals surface area contributed by atoms with Crippen LogP contribution in [0.25, 0.3) is 0 Å². The van der Waals surface area contributed by atoms with E-state index in [0.717, 1.165) is 4.88 Å². The number of amides is 1. The predicted octanol–water partition coefficient (Wildman–Crippen LogP) is 4.33. The molecule has 0 saturated carbocycles. The van der Waals surface area contributed by atoms with E-state index in [1.807, 2.05) is 6.07 Å². The van der Waals surface area contributed by atoms with Crippen LogP contribution in [0.4, 0.5) is 5.69 Å². The van der Waals surface area contributed by atoms with E-state index in [0.29, 0.717) is 15.6 Å². The van der Waals surface area contributed by atoms with E-state index in [4.69, 9.17) is 16.7 Å². The molecule has 1 aromatic carbocycles. The Hall–Kier alpha value is -1.85. The van der Waals surface area contributed by atoms with Gasteiger partial charge in [-0.25, -0.2) is 0 Å². The van der Waals surface area contributed by atoms with Gasteiger partial charge in [-0.3, -0.25) is 9.59 Å². The molecule has 2 rings (SSSR count). The van der Waals surface area contributed by atoms with Crippen LogP contribution in [-0.2, 0) is 9.59 Å². The Labute approximate surface area is 137 Å². The first-order valence-electron chi connectivity index (χ1n) is 6.77. The molecule has 116 valence electrons. The minimum Gasteiger partial charge on any atom is -0.481 e. The molecule has 2 N–H and O–H groups in total. The minimum atomic E-state index is -0.898. The molecule has 0 aliphatic carbocycles. The fraction of sp³-hybridized carbons (Fsp3) is 0.250. The van der Waals surface area contributed by atoms with Crippen molar-refractivity contribution in [3.05, 3.63) is 51.2 Å². The quantitative estimate of drug-likeness (QED) is 0.853. The zero-order chi connectivity index (χ0) is 16.3. The van der Waals surface area contributed by atoms with Gasteiger partial charge in [-0.2, -0.15) is 0 Å². The molecule has 1 aromatic heterocycles. The third-order valence-electron chi connectivity index (χ3n) is 3.44. The number of benzene rings is 1. The first-order chi connectivity index (χ1) is 10.4. The lowest BCUT2D eigenvalue weighted by molar-refractivity contribution is -0.138. The lowest BCUT2D eigenvalue weighted by Crippen LogP contribution is -2.18. The van der Waals surface area contributed by atoms with Gasteiger partial charge >= 0.3 is 5.97 Å². The van der Waals surface area contributed by atoms with Crippen molar-refractivity contribution in [2.24, 2.45) is 0 Å². The van der Waals surface area contributed by atoms with Crippen LogP contribution in [0.1, 0.15) is 36.1 Å². The number of hydrogen-bond donors (Lipinski definition) is 2. The fourth-order valence-corrected chi connectivity index (χ4v) is 3.08. The molecule has 2 aromatic rings.